The largest absolute Gasteiger partial charge is 0.390 e. The number of nitrogens with zero attached hydrogens (tertiary/aromatic N) is 4. The molecule has 0 radical (unpaired) electrons. The van der Waals surface area contributed by atoms with Gasteiger partial charge in [0, 0.05) is 12.7 Å². The maximum absolute atomic E-state index is 10.1. The van der Waals surface area contributed by atoms with E-state index in [1.165, 1.54) is 5.56 Å². The highest BCUT2D eigenvalue weighted by molar-refractivity contribution is 5.75. The fourth-order valence-corrected chi connectivity index (χ4v) is 5.60. The van der Waals surface area contributed by atoms with E-state index in [4.69, 9.17) is 20.7 Å². The van der Waals surface area contributed by atoms with Gasteiger partial charge >= 0.3 is 0 Å². The second-order valence-electron chi connectivity index (χ2n) is 9.16. The molecule has 182 valence electrons. The number of hydrogen-bond donors (Lipinski definition) is 3. The Morgan fingerprint density at radius 2 is 1.91 bits per heavy atom. The Bertz CT molecular complexity index is 1300. The van der Waals surface area contributed by atoms with E-state index in [2.05, 4.69) is 35.9 Å². The molecule has 0 amide bonds. The monoisotopic (exact) mass is 470 g/mol. The number of fused-ring (bicyclic) bond motifs is 2. The minimum atomic E-state index is -0.0825. The average molecular weight is 471 g/mol. The zero-order valence-electron chi connectivity index (χ0n) is 20.6. The first-order chi connectivity index (χ1) is 17.2. The van der Waals surface area contributed by atoms with Gasteiger partial charge in [-0.1, -0.05) is 32.0 Å². The molecule has 3 heterocycles. The maximum atomic E-state index is 10.1. The lowest BCUT2D eigenvalue weighted by molar-refractivity contribution is 0.275. The first-order valence-electron chi connectivity index (χ1n) is 12.7. The lowest BCUT2D eigenvalue weighted by atomic mass is 9.89. The SMILES string of the molecule is CCc1nc(CO)c(CC)c(CN)c1N(Cc1nc2ccccc2[nH]1)C1CCCc2cccnc21. The number of aryl methyl sites for hydroxylation is 2. The Kier molecular flexibility index (Phi) is 6.79. The van der Waals surface area contributed by atoms with Crippen LogP contribution in [0.4, 0.5) is 5.69 Å². The highest BCUT2D eigenvalue weighted by Crippen LogP contribution is 2.41. The zero-order chi connectivity index (χ0) is 24.4. The van der Waals surface area contributed by atoms with E-state index in [9.17, 15) is 5.11 Å². The number of para-hydroxylation sites is 2. The lowest BCUT2D eigenvalue weighted by Gasteiger charge is -2.38. The van der Waals surface area contributed by atoms with Gasteiger partial charge in [0.1, 0.15) is 5.82 Å². The Hall–Kier alpha value is -3.29. The number of pyridine rings is 2. The van der Waals surface area contributed by atoms with E-state index in [1.807, 2.05) is 30.5 Å². The standard InChI is InChI=1S/C28H34N6O/c1-3-19-20(15-29)28(21(4-2)31-24(19)17-35)34(16-26-32-22-11-5-6-12-23(22)33-26)25-13-7-9-18-10-8-14-30-27(18)25/h5-6,8,10-12,14,25,35H,3-4,7,9,13,15-17,29H2,1-2H3,(H,32,33). The number of nitrogens with two attached hydrogens (primary N) is 1. The molecule has 1 aliphatic carbocycles. The van der Waals surface area contributed by atoms with Crippen molar-refractivity contribution in [2.24, 2.45) is 5.73 Å². The number of aromatic amines is 1. The molecule has 1 aromatic carbocycles. The van der Waals surface area contributed by atoms with Gasteiger partial charge in [-0.2, -0.15) is 0 Å². The van der Waals surface area contributed by atoms with Crippen LogP contribution in [0, 0.1) is 0 Å². The molecule has 35 heavy (non-hydrogen) atoms. The molecule has 0 fully saturated rings. The highest BCUT2D eigenvalue weighted by Gasteiger charge is 2.32. The molecule has 0 aliphatic heterocycles. The highest BCUT2D eigenvalue weighted by atomic mass is 16.3. The molecule has 3 aromatic heterocycles. The number of aliphatic hydroxyl groups excluding tert-OH is 1. The van der Waals surface area contributed by atoms with Gasteiger partial charge in [-0.05, 0) is 67.0 Å². The summed E-state index contributed by atoms with van der Waals surface area (Å²) in [6.45, 7) is 5.12. The summed E-state index contributed by atoms with van der Waals surface area (Å²) in [6, 6.07) is 12.4. The van der Waals surface area contributed by atoms with Crippen LogP contribution < -0.4 is 10.6 Å². The normalized spacial score (nSPS) is 15.4. The van der Waals surface area contributed by atoms with Gasteiger partial charge in [-0.3, -0.25) is 9.97 Å². The molecule has 7 heteroatoms. The third-order valence-electron chi connectivity index (χ3n) is 7.17. The number of anilines is 1. The number of rotatable bonds is 8. The van der Waals surface area contributed by atoms with Crippen LogP contribution in [0.25, 0.3) is 11.0 Å². The number of aromatic nitrogens is 4. The summed E-state index contributed by atoms with van der Waals surface area (Å²) >= 11 is 0. The predicted octanol–water partition coefficient (Wildman–Crippen LogP) is 4.51. The van der Waals surface area contributed by atoms with Crippen molar-refractivity contribution in [3.63, 3.8) is 0 Å². The molecule has 0 spiro atoms. The molecule has 5 rings (SSSR count). The smallest absolute Gasteiger partial charge is 0.126 e. The van der Waals surface area contributed by atoms with Gasteiger partial charge < -0.3 is 20.7 Å². The number of aliphatic hydroxyl groups is 1. The molecule has 7 nitrogen and oxygen atoms in total. The van der Waals surface area contributed by atoms with Gasteiger partial charge in [0.25, 0.3) is 0 Å². The van der Waals surface area contributed by atoms with E-state index in [-0.39, 0.29) is 12.6 Å². The third-order valence-corrected chi connectivity index (χ3v) is 7.17. The van der Waals surface area contributed by atoms with Gasteiger partial charge in [0.15, 0.2) is 0 Å². The summed E-state index contributed by atoms with van der Waals surface area (Å²) < 4.78 is 0. The fourth-order valence-electron chi connectivity index (χ4n) is 5.60. The van der Waals surface area contributed by atoms with Crippen molar-refractivity contribution in [2.45, 2.75) is 71.7 Å². The van der Waals surface area contributed by atoms with Gasteiger partial charge in [0.05, 0.1) is 53.0 Å². The van der Waals surface area contributed by atoms with Crippen molar-refractivity contribution in [1.29, 1.82) is 0 Å². The van der Waals surface area contributed by atoms with Gasteiger partial charge in [0.2, 0.25) is 0 Å². The van der Waals surface area contributed by atoms with Crippen LogP contribution in [0.15, 0.2) is 42.6 Å². The van der Waals surface area contributed by atoms with Crippen molar-refractivity contribution >= 4 is 16.7 Å². The zero-order valence-corrected chi connectivity index (χ0v) is 20.6. The maximum Gasteiger partial charge on any atom is 0.126 e. The Labute approximate surface area is 206 Å². The quantitative estimate of drug-likeness (QED) is 0.350. The van der Waals surface area contributed by atoms with Gasteiger partial charge in [-0.25, -0.2) is 4.98 Å². The molecule has 0 bridgehead atoms. The van der Waals surface area contributed by atoms with Crippen LogP contribution in [-0.4, -0.2) is 25.0 Å². The van der Waals surface area contributed by atoms with Crippen molar-refractivity contribution in [2.75, 3.05) is 4.90 Å². The van der Waals surface area contributed by atoms with E-state index >= 15 is 0 Å². The molecular formula is C28H34N6O. The minimum absolute atomic E-state index is 0.0825. The minimum Gasteiger partial charge on any atom is -0.390 e. The number of hydrogen-bond acceptors (Lipinski definition) is 6. The van der Waals surface area contributed by atoms with Crippen molar-refractivity contribution < 1.29 is 5.11 Å². The number of imidazole rings is 1. The molecule has 1 aliphatic rings. The van der Waals surface area contributed by atoms with E-state index in [0.29, 0.717) is 13.1 Å². The van der Waals surface area contributed by atoms with E-state index < -0.39 is 0 Å². The number of nitrogens with one attached hydrogen (secondary N) is 1. The molecular weight excluding hydrogens is 436 g/mol. The van der Waals surface area contributed by atoms with Crippen molar-refractivity contribution in [1.82, 2.24) is 19.9 Å². The van der Waals surface area contributed by atoms with Crippen LogP contribution in [0.3, 0.4) is 0 Å². The first-order valence-corrected chi connectivity index (χ1v) is 12.7. The molecule has 0 saturated carbocycles. The summed E-state index contributed by atoms with van der Waals surface area (Å²) in [6.07, 6.45) is 6.56. The molecule has 0 saturated heterocycles. The van der Waals surface area contributed by atoms with Crippen LogP contribution in [0.2, 0.25) is 0 Å². The molecule has 4 N–H and O–H groups in total. The Morgan fingerprint density at radius 1 is 1.06 bits per heavy atom. The summed E-state index contributed by atoms with van der Waals surface area (Å²) in [5.74, 6) is 0.906. The predicted molar refractivity (Wildman–Crippen MR) is 139 cm³/mol. The Balaban J connectivity index is 1.71. The average Bonchev–Trinajstić information content (AvgIpc) is 3.32. The Morgan fingerprint density at radius 3 is 2.66 bits per heavy atom. The fraction of sp³-hybridized carbons (Fsp3) is 0.393. The third kappa shape index (κ3) is 4.30. The first kappa shape index (κ1) is 23.5. The summed E-state index contributed by atoms with van der Waals surface area (Å²) in [7, 11) is 0. The van der Waals surface area contributed by atoms with Crippen LogP contribution >= 0.6 is 0 Å². The lowest BCUT2D eigenvalue weighted by Crippen LogP contribution is -2.34. The van der Waals surface area contributed by atoms with Crippen molar-refractivity contribution in [3.8, 4) is 0 Å². The van der Waals surface area contributed by atoms with Crippen LogP contribution in [-0.2, 0) is 39.0 Å². The van der Waals surface area contributed by atoms with Crippen LogP contribution in [0.1, 0.15) is 72.3 Å². The summed E-state index contributed by atoms with van der Waals surface area (Å²) in [4.78, 5) is 20.7. The number of H-pyrrole nitrogens is 1. The van der Waals surface area contributed by atoms with Crippen molar-refractivity contribution in [3.05, 3.63) is 82.2 Å². The number of benzene rings is 1. The van der Waals surface area contributed by atoms with E-state index in [0.717, 1.165) is 82.9 Å². The van der Waals surface area contributed by atoms with E-state index in [1.54, 1.807) is 0 Å². The molecule has 4 aromatic rings. The van der Waals surface area contributed by atoms with Crippen LogP contribution in [0.5, 0.6) is 0 Å². The second kappa shape index (κ2) is 10.1. The molecule has 1 unspecified atom stereocenters. The topological polar surface area (TPSA) is 104 Å². The summed E-state index contributed by atoms with van der Waals surface area (Å²) in [5, 5.41) is 10.1. The van der Waals surface area contributed by atoms with Gasteiger partial charge in [-0.15, -0.1) is 0 Å². The second-order valence-corrected chi connectivity index (χ2v) is 9.16. The summed E-state index contributed by atoms with van der Waals surface area (Å²) in [5.41, 5.74) is 15.7. The molecule has 1 atom stereocenters.